The molecule has 0 radical (unpaired) electrons. The molecule has 4 aromatic carbocycles. The number of halogens is 2. The summed E-state index contributed by atoms with van der Waals surface area (Å²) in [6, 6.07) is 29.8. The van der Waals surface area contributed by atoms with Crippen LogP contribution in [0.3, 0.4) is 0 Å². The van der Waals surface area contributed by atoms with Crippen LogP contribution >= 0.6 is 35.0 Å². The molecule has 0 saturated carbocycles. The van der Waals surface area contributed by atoms with Gasteiger partial charge in [0.25, 0.3) is 0 Å². The summed E-state index contributed by atoms with van der Waals surface area (Å²) in [5, 5.41) is 3.69. The van der Waals surface area contributed by atoms with Crippen molar-refractivity contribution in [2.45, 2.75) is 36.1 Å². The van der Waals surface area contributed by atoms with E-state index in [9.17, 15) is 9.59 Å². The molecule has 4 rings (SSSR count). The van der Waals surface area contributed by atoms with E-state index >= 15 is 0 Å². The smallest absolute Gasteiger partial charge is 0.326 e. The van der Waals surface area contributed by atoms with Gasteiger partial charge in [-0.05, 0) is 73.5 Å². The predicted molar refractivity (Wildman–Crippen MR) is 160 cm³/mol. The van der Waals surface area contributed by atoms with Crippen LogP contribution in [0.25, 0.3) is 0 Å². The molecule has 5 nitrogen and oxygen atoms in total. The van der Waals surface area contributed by atoms with E-state index < -0.39 is 0 Å². The van der Waals surface area contributed by atoms with E-state index in [2.05, 4.69) is 5.32 Å². The highest BCUT2D eigenvalue weighted by Crippen LogP contribution is 2.37. The summed E-state index contributed by atoms with van der Waals surface area (Å²) in [6.07, 6.45) is 0.257. The first-order chi connectivity index (χ1) is 18.9. The number of carbonyl (C=O) groups is 2. The molecule has 1 unspecified atom stereocenters. The lowest BCUT2D eigenvalue weighted by Crippen LogP contribution is -2.37. The molecule has 4 aromatic rings. The van der Waals surface area contributed by atoms with Gasteiger partial charge in [-0.15, -0.1) is 0 Å². The van der Waals surface area contributed by atoms with Gasteiger partial charge in [0.2, 0.25) is 0 Å². The summed E-state index contributed by atoms with van der Waals surface area (Å²) in [5.74, 6) is -0.232. The Labute approximate surface area is 243 Å². The zero-order valence-electron chi connectivity index (χ0n) is 21.6. The lowest BCUT2D eigenvalue weighted by molar-refractivity contribution is -0.142. The number of amides is 2. The standard InChI is InChI=1S/C31H28Cl2N2O3S/c1-3-38-29(36)20-22-12-16-25(17-13-22)39-26-18-14-24(15-19-26)34-31(37)35(21(2)23-8-5-4-6-9-23)28-11-7-10-27(32)30(28)33/h4-19,21H,3,20H2,1-2H3,(H,34,37). The number of nitrogens with zero attached hydrogens (tertiary/aromatic N) is 1. The van der Waals surface area contributed by atoms with E-state index in [0.717, 1.165) is 20.9 Å². The highest BCUT2D eigenvalue weighted by Gasteiger charge is 2.26. The second-order valence-electron chi connectivity index (χ2n) is 8.71. The quantitative estimate of drug-likeness (QED) is 0.201. The second kappa shape index (κ2) is 13.6. The topological polar surface area (TPSA) is 58.6 Å². The van der Waals surface area contributed by atoms with Crippen molar-refractivity contribution in [2.75, 3.05) is 16.8 Å². The van der Waals surface area contributed by atoms with E-state index in [1.54, 1.807) is 41.8 Å². The molecule has 200 valence electrons. The Morgan fingerprint density at radius 3 is 2.15 bits per heavy atom. The van der Waals surface area contributed by atoms with Crippen LogP contribution in [0.5, 0.6) is 0 Å². The Balaban J connectivity index is 1.47. The van der Waals surface area contributed by atoms with Crippen LogP contribution in [0.2, 0.25) is 10.0 Å². The van der Waals surface area contributed by atoms with Crippen LogP contribution in [-0.4, -0.2) is 18.6 Å². The molecule has 0 saturated heterocycles. The van der Waals surface area contributed by atoms with E-state index in [0.29, 0.717) is 28.0 Å². The number of carbonyl (C=O) groups excluding carboxylic acids is 2. The predicted octanol–water partition coefficient (Wildman–Crippen LogP) is 9.05. The zero-order chi connectivity index (χ0) is 27.8. The average Bonchev–Trinajstić information content (AvgIpc) is 2.94. The Bertz CT molecular complexity index is 1410. The second-order valence-corrected chi connectivity index (χ2v) is 10.6. The van der Waals surface area contributed by atoms with Crippen LogP contribution in [-0.2, 0) is 16.0 Å². The molecule has 0 aliphatic rings. The fourth-order valence-corrected chi connectivity index (χ4v) is 5.24. The number of esters is 1. The maximum atomic E-state index is 13.6. The average molecular weight is 580 g/mol. The van der Waals surface area contributed by atoms with Crippen LogP contribution in [0, 0.1) is 0 Å². The normalized spacial score (nSPS) is 11.5. The van der Waals surface area contributed by atoms with Gasteiger partial charge in [0, 0.05) is 15.5 Å². The van der Waals surface area contributed by atoms with Gasteiger partial charge in [0.1, 0.15) is 0 Å². The van der Waals surface area contributed by atoms with Gasteiger partial charge in [-0.3, -0.25) is 9.69 Å². The Hall–Kier alpha value is -3.45. The SMILES string of the molecule is CCOC(=O)Cc1ccc(Sc2ccc(NC(=O)N(c3cccc(Cl)c3Cl)C(C)c3ccccc3)cc2)cc1. The number of ether oxygens (including phenoxy) is 1. The van der Waals surface area contributed by atoms with E-state index in [-0.39, 0.29) is 24.5 Å². The fraction of sp³-hybridized carbons (Fsp3) is 0.161. The molecule has 0 bridgehead atoms. The van der Waals surface area contributed by atoms with E-state index in [1.165, 1.54) is 0 Å². The van der Waals surface area contributed by atoms with Crippen LogP contribution in [0.4, 0.5) is 16.2 Å². The number of benzene rings is 4. The minimum atomic E-state index is -0.326. The Morgan fingerprint density at radius 2 is 1.51 bits per heavy atom. The van der Waals surface area contributed by atoms with Gasteiger partial charge in [-0.1, -0.05) is 83.5 Å². The highest BCUT2D eigenvalue weighted by molar-refractivity contribution is 7.99. The van der Waals surface area contributed by atoms with Gasteiger partial charge in [0.15, 0.2) is 0 Å². The summed E-state index contributed by atoms with van der Waals surface area (Å²) < 4.78 is 5.01. The fourth-order valence-electron chi connectivity index (χ4n) is 4.03. The Morgan fingerprint density at radius 1 is 0.872 bits per heavy atom. The number of hydrogen-bond donors (Lipinski definition) is 1. The third-order valence-electron chi connectivity index (χ3n) is 6.00. The van der Waals surface area contributed by atoms with E-state index in [1.807, 2.05) is 85.8 Å². The number of urea groups is 1. The largest absolute Gasteiger partial charge is 0.466 e. The maximum absolute atomic E-state index is 13.6. The lowest BCUT2D eigenvalue weighted by Gasteiger charge is -2.31. The molecule has 0 aliphatic heterocycles. The summed E-state index contributed by atoms with van der Waals surface area (Å²) in [7, 11) is 0. The van der Waals surface area contributed by atoms with Crippen molar-refractivity contribution in [3.8, 4) is 0 Å². The van der Waals surface area contributed by atoms with Crippen molar-refractivity contribution < 1.29 is 14.3 Å². The minimum absolute atomic E-state index is 0.232. The highest BCUT2D eigenvalue weighted by atomic mass is 35.5. The van der Waals surface area contributed by atoms with Gasteiger partial charge in [-0.2, -0.15) is 0 Å². The number of rotatable bonds is 9. The van der Waals surface area contributed by atoms with Gasteiger partial charge < -0.3 is 10.1 Å². The van der Waals surface area contributed by atoms with Crippen molar-refractivity contribution in [1.82, 2.24) is 0 Å². The third kappa shape index (κ3) is 7.57. The monoisotopic (exact) mass is 578 g/mol. The van der Waals surface area contributed by atoms with Crippen LogP contribution in [0.1, 0.15) is 31.0 Å². The molecule has 1 N–H and O–H groups in total. The summed E-state index contributed by atoms with van der Waals surface area (Å²) in [4.78, 5) is 28.9. The third-order valence-corrected chi connectivity index (χ3v) is 7.82. The molecule has 0 spiro atoms. The van der Waals surface area contributed by atoms with Crippen molar-refractivity contribution >= 4 is 58.3 Å². The lowest BCUT2D eigenvalue weighted by atomic mass is 10.1. The van der Waals surface area contributed by atoms with Gasteiger partial charge in [0.05, 0.1) is 34.8 Å². The molecular formula is C31H28Cl2N2O3S. The van der Waals surface area contributed by atoms with Crippen molar-refractivity contribution in [3.63, 3.8) is 0 Å². The summed E-state index contributed by atoms with van der Waals surface area (Å²) >= 11 is 14.4. The molecule has 2 amide bonds. The van der Waals surface area contributed by atoms with Crippen molar-refractivity contribution in [3.05, 3.63) is 118 Å². The van der Waals surface area contributed by atoms with Gasteiger partial charge in [-0.25, -0.2) is 4.79 Å². The molecule has 1 atom stereocenters. The molecule has 0 aromatic heterocycles. The number of anilines is 2. The maximum Gasteiger partial charge on any atom is 0.326 e. The summed E-state index contributed by atoms with van der Waals surface area (Å²) in [6.45, 7) is 4.12. The molecule has 0 fully saturated rings. The molecule has 0 heterocycles. The number of hydrogen-bond acceptors (Lipinski definition) is 4. The van der Waals surface area contributed by atoms with Crippen molar-refractivity contribution in [2.24, 2.45) is 0 Å². The molecule has 0 aliphatic carbocycles. The van der Waals surface area contributed by atoms with Gasteiger partial charge >= 0.3 is 12.0 Å². The molecular weight excluding hydrogens is 551 g/mol. The van der Waals surface area contributed by atoms with Crippen LogP contribution < -0.4 is 10.2 Å². The Kier molecular flexibility index (Phi) is 9.93. The van der Waals surface area contributed by atoms with E-state index in [4.69, 9.17) is 27.9 Å². The number of nitrogens with one attached hydrogen (secondary N) is 1. The molecule has 8 heteroatoms. The first kappa shape index (κ1) is 28.6. The molecule has 39 heavy (non-hydrogen) atoms. The first-order valence-electron chi connectivity index (χ1n) is 12.5. The van der Waals surface area contributed by atoms with Crippen LogP contribution in [0.15, 0.2) is 107 Å². The first-order valence-corrected chi connectivity index (χ1v) is 14.0. The zero-order valence-corrected chi connectivity index (χ0v) is 23.9. The minimum Gasteiger partial charge on any atom is -0.466 e. The summed E-state index contributed by atoms with van der Waals surface area (Å²) in [5.41, 5.74) is 3.04. The van der Waals surface area contributed by atoms with Crippen molar-refractivity contribution in [1.29, 1.82) is 0 Å².